The fraction of sp³-hybridized carbons (Fsp3) is 0.389. The molecule has 1 N–H and O–H groups in total. The summed E-state index contributed by atoms with van der Waals surface area (Å²) in [5.41, 5.74) is -0.0702. The van der Waals surface area contributed by atoms with Crippen LogP contribution in [0.4, 0.5) is 26.3 Å². The van der Waals surface area contributed by atoms with Gasteiger partial charge in [0, 0.05) is 29.5 Å². The van der Waals surface area contributed by atoms with Crippen molar-refractivity contribution in [2.75, 3.05) is 6.61 Å². The molecule has 0 radical (unpaired) electrons. The molecule has 1 saturated carbocycles. The van der Waals surface area contributed by atoms with E-state index in [4.69, 9.17) is 0 Å². The van der Waals surface area contributed by atoms with E-state index in [-0.39, 0.29) is 23.6 Å². The minimum atomic E-state index is -4.51. The highest BCUT2D eigenvalue weighted by atomic mass is 19.4. The van der Waals surface area contributed by atoms with Gasteiger partial charge in [-0.2, -0.15) is 13.2 Å². The van der Waals surface area contributed by atoms with Crippen LogP contribution >= 0.6 is 0 Å². The number of ether oxygens (including phenoxy) is 1. The predicted octanol–water partition coefficient (Wildman–Crippen LogP) is 3.82. The molecule has 3 rings (SSSR count). The molecule has 156 valence electrons. The number of alkyl halides is 3. The predicted molar refractivity (Wildman–Crippen MR) is 87.3 cm³/mol. The number of carbonyl (C=O) groups excluding carboxylic acids is 1. The molecule has 1 amide bonds. The Bertz CT molecular complexity index is 880. The first kappa shape index (κ1) is 20.9. The number of amides is 1. The maximum Gasteiger partial charge on any atom is 0.422 e. The lowest BCUT2D eigenvalue weighted by Gasteiger charge is -2.14. The van der Waals surface area contributed by atoms with E-state index in [1.54, 1.807) is 6.92 Å². The van der Waals surface area contributed by atoms with Crippen molar-refractivity contribution in [2.24, 2.45) is 5.92 Å². The minimum Gasteiger partial charge on any atom is -0.467 e. The number of carbonyl (C=O) groups is 1. The fourth-order valence-electron chi connectivity index (χ4n) is 2.89. The van der Waals surface area contributed by atoms with E-state index in [1.165, 1.54) is 0 Å². The van der Waals surface area contributed by atoms with Crippen molar-refractivity contribution in [3.05, 3.63) is 53.2 Å². The molecule has 1 aliphatic carbocycles. The van der Waals surface area contributed by atoms with Crippen LogP contribution in [0.15, 0.2) is 24.5 Å². The van der Waals surface area contributed by atoms with Gasteiger partial charge in [0.15, 0.2) is 6.61 Å². The first-order valence-electron chi connectivity index (χ1n) is 8.51. The maximum atomic E-state index is 13.8. The molecule has 1 aromatic carbocycles. The zero-order chi connectivity index (χ0) is 21.3. The van der Waals surface area contributed by atoms with Gasteiger partial charge in [0.1, 0.15) is 17.5 Å². The highest BCUT2D eigenvalue weighted by molar-refractivity contribution is 5.83. The standard InChI is InChI=1S/C18H15F6N3O2/c1-8(14-5-26-15(6-25-14)29-7-18(22,23)24)27-17(28)11-4-10(11)16-12(20)2-9(19)3-13(16)21/h2-3,5-6,8,10-11H,4,7H2,1H3,(H,27,28)/t8-,10?,11?/m1/s1. The molecular formula is C18H15F6N3O2. The Labute approximate surface area is 161 Å². The molecule has 0 spiro atoms. The van der Waals surface area contributed by atoms with Crippen molar-refractivity contribution in [1.29, 1.82) is 0 Å². The summed E-state index contributed by atoms with van der Waals surface area (Å²) >= 11 is 0. The molecule has 0 aliphatic heterocycles. The SMILES string of the molecule is C[C@@H](NC(=O)C1CC1c1c(F)cc(F)cc1F)c1cnc(OCC(F)(F)F)cn1. The summed E-state index contributed by atoms with van der Waals surface area (Å²) in [5, 5.41) is 2.60. The van der Waals surface area contributed by atoms with Crippen LogP contribution in [0.2, 0.25) is 0 Å². The molecule has 1 heterocycles. The number of hydrogen-bond donors (Lipinski definition) is 1. The molecule has 0 saturated heterocycles. The molecule has 5 nitrogen and oxygen atoms in total. The Morgan fingerprint density at radius 3 is 2.41 bits per heavy atom. The normalized spacial score (nSPS) is 19.6. The van der Waals surface area contributed by atoms with Gasteiger partial charge in [-0.3, -0.25) is 9.78 Å². The van der Waals surface area contributed by atoms with Gasteiger partial charge < -0.3 is 10.1 Å². The van der Waals surface area contributed by atoms with E-state index in [1.807, 2.05) is 0 Å². The second-order valence-corrected chi connectivity index (χ2v) is 6.65. The van der Waals surface area contributed by atoms with Gasteiger partial charge in [-0.05, 0) is 13.3 Å². The van der Waals surface area contributed by atoms with Crippen molar-refractivity contribution in [2.45, 2.75) is 31.5 Å². The van der Waals surface area contributed by atoms with Crippen LogP contribution < -0.4 is 10.1 Å². The van der Waals surface area contributed by atoms with E-state index >= 15 is 0 Å². The summed E-state index contributed by atoms with van der Waals surface area (Å²) in [6.07, 6.45) is -2.16. The first-order valence-corrected chi connectivity index (χ1v) is 8.51. The van der Waals surface area contributed by atoms with Crippen LogP contribution in [0, 0.1) is 23.4 Å². The van der Waals surface area contributed by atoms with Gasteiger partial charge in [-0.15, -0.1) is 0 Å². The van der Waals surface area contributed by atoms with Gasteiger partial charge in [0.2, 0.25) is 11.8 Å². The van der Waals surface area contributed by atoms with Crippen LogP contribution in [-0.2, 0) is 4.79 Å². The molecule has 1 aliphatic rings. The highest BCUT2D eigenvalue weighted by Gasteiger charge is 2.47. The van der Waals surface area contributed by atoms with Crippen LogP contribution in [0.5, 0.6) is 5.88 Å². The number of rotatable bonds is 6. The summed E-state index contributed by atoms with van der Waals surface area (Å²) in [6.45, 7) is 0.0570. The third kappa shape index (κ3) is 5.15. The molecule has 2 aromatic rings. The number of benzene rings is 1. The third-order valence-electron chi connectivity index (χ3n) is 4.38. The molecule has 1 aromatic heterocycles. The quantitative estimate of drug-likeness (QED) is 0.724. The molecule has 3 atom stereocenters. The molecule has 29 heavy (non-hydrogen) atoms. The van der Waals surface area contributed by atoms with Crippen LogP contribution in [0.1, 0.15) is 36.6 Å². The van der Waals surface area contributed by atoms with Gasteiger partial charge in [-0.1, -0.05) is 0 Å². The van der Waals surface area contributed by atoms with E-state index in [0.29, 0.717) is 12.1 Å². The van der Waals surface area contributed by atoms with E-state index in [2.05, 4.69) is 20.0 Å². The molecular weight excluding hydrogens is 404 g/mol. The monoisotopic (exact) mass is 419 g/mol. The first-order chi connectivity index (χ1) is 13.5. The Morgan fingerprint density at radius 1 is 1.21 bits per heavy atom. The Kier molecular flexibility index (Phi) is 5.67. The lowest BCUT2D eigenvalue weighted by molar-refractivity contribution is -0.154. The van der Waals surface area contributed by atoms with Gasteiger partial charge in [-0.25, -0.2) is 18.2 Å². The van der Waals surface area contributed by atoms with E-state index in [9.17, 15) is 31.1 Å². The fourth-order valence-corrected chi connectivity index (χ4v) is 2.89. The number of hydrogen-bond acceptors (Lipinski definition) is 4. The number of aromatic nitrogens is 2. The van der Waals surface area contributed by atoms with Crippen molar-refractivity contribution >= 4 is 5.91 Å². The molecule has 0 bridgehead atoms. The van der Waals surface area contributed by atoms with Crippen LogP contribution in [-0.4, -0.2) is 28.7 Å². The Hall–Kier alpha value is -2.85. The van der Waals surface area contributed by atoms with Gasteiger partial charge in [0.05, 0.1) is 24.1 Å². The van der Waals surface area contributed by atoms with Crippen LogP contribution in [0.25, 0.3) is 0 Å². The Morgan fingerprint density at radius 2 is 1.86 bits per heavy atom. The smallest absolute Gasteiger partial charge is 0.422 e. The minimum absolute atomic E-state index is 0.202. The average molecular weight is 419 g/mol. The van der Waals surface area contributed by atoms with Gasteiger partial charge >= 0.3 is 6.18 Å². The second-order valence-electron chi connectivity index (χ2n) is 6.65. The number of nitrogens with one attached hydrogen (secondary N) is 1. The summed E-state index contributed by atoms with van der Waals surface area (Å²) in [6, 6.07) is 0.467. The average Bonchev–Trinajstić information content (AvgIpc) is 3.39. The molecule has 2 unspecified atom stereocenters. The second kappa shape index (κ2) is 7.88. The lowest BCUT2D eigenvalue weighted by Crippen LogP contribution is -2.29. The number of nitrogens with zero attached hydrogens (tertiary/aromatic N) is 2. The number of halogens is 6. The Balaban J connectivity index is 1.58. The largest absolute Gasteiger partial charge is 0.467 e. The highest BCUT2D eigenvalue weighted by Crippen LogP contribution is 2.49. The summed E-state index contributed by atoms with van der Waals surface area (Å²) in [5.74, 6) is -5.33. The van der Waals surface area contributed by atoms with Crippen molar-refractivity contribution in [1.82, 2.24) is 15.3 Å². The topological polar surface area (TPSA) is 64.1 Å². The van der Waals surface area contributed by atoms with Gasteiger partial charge in [0.25, 0.3) is 0 Å². The third-order valence-corrected chi connectivity index (χ3v) is 4.38. The summed E-state index contributed by atoms with van der Waals surface area (Å²) in [4.78, 5) is 19.9. The van der Waals surface area contributed by atoms with Crippen molar-refractivity contribution in [3.63, 3.8) is 0 Å². The van der Waals surface area contributed by atoms with E-state index < -0.39 is 54.0 Å². The van der Waals surface area contributed by atoms with Crippen LogP contribution in [0.3, 0.4) is 0 Å². The maximum absolute atomic E-state index is 13.8. The summed E-state index contributed by atoms with van der Waals surface area (Å²) in [7, 11) is 0. The zero-order valence-electron chi connectivity index (χ0n) is 14.9. The van der Waals surface area contributed by atoms with Crippen molar-refractivity contribution in [3.8, 4) is 5.88 Å². The lowest BCUT2D eigenvalue weighted by atomic mass is 10.1. The molecule has 11 heteroatoms. The van der Waals surface area contributed by atoms with Crippen molar-refractivity contribution < 1.29 is 35.9 Å². The summed E-state index contributed by atoms with van der Waals surface area (Å²) < 4.78 is 81.4. The van der Waals surface area contributed by atoms with E-state index in [0.717, 1.165) is 12.4 Å². The zero-order valence-corrected chi connectivity index (χ0v) is 14.9. The molecule has 1 fully saturated rings.